The number of carbonyl (C=O) groups excluding carboxylic acids is 3. The summed E-state index contributed by atoms with van der Waals surface area (Å²) < 4.78 is 5.14. The topological polar surface area (TPSA) is 138 Å². The molecule has 10 heteroatoms. The minimum atomic E-state index is -1.42. The Kier molecular flexibility index (Phi) is 4.70. The minimum Gasteiger partial charge on any atom is -0.497 e. The second-order valence-electron chi connectivity index (χ2n) is 6.14. The summed E-state index contributed by atoms with van der Waals surface area (Å²) in [5, 5.41) is 12.1. The number of aromatic carboxylic acids is 1. The van der Waals surface area contributed by atoms with E-state index in [2.05, 4.69) is 15.7 Å². The fraction of sp³-hybridized carbons (Fsp3) is 0.167. The molecule has 4 amide bonds. The number of amides is 4. The number of hydrazine groups is 1. The summed E-state index contributed by atoms with van der Waals surface area (Å²) in [4.78, 5) is 52.2. The van der Waals surface area contributed by atoms with Crippen LogP contribution in [-0.4, -0.2) is 46.0 Å². The van der Waals surface area contributed by atoms with Crippen LogP contribution in [0.4, 0.5) is 4.79 Å². The monoisotopic (exact) mass is 384 g/mol. The summed E-state index contributed by atoms with van der Waals surface area (Å²) in [5.74, 6) is -2.32. The van der Waals surface area contributed by atoms with Gasteiger partial charge in [0, 0.05) is 12.4 Å². The lowest BCUT2D eigenvalue weighted by atomic mass is 9.92. The van der Waals surface area contributed by atoms with Gasteiger partial charge in [0.05, 0.1) is 18.2 Å². The van der Waals surface area contributed by atoms with Gasteiger partial charge in [0.2, 0.25) is 0 Å². The highest BCUT2D eigenvalue weighted by Crippen LogP contribution is 2.30. The number of imide groups is 1. The smallest absolute Gasteiger partial charge is 0.344 e. The number of benzene rings is 1. The first-order valence-corrected chi connectivity index (χ1v) is 8.07. The molecule has 2 heterocycles. The van der Waals surface area contributed by atoms with Gasteiger partial charge in [0.15, 0.2) is 0 Å². The van der Waals surface area contributed by atoms with Crippen molar-refractivity contribution < 1.29 is 29.0 Å². The molecule has 1 aliphatic rings. The van der Waals surface area contributed by atoms with Crippen LogP contribution in [0.3, 0.4) is 0 Å². The zero-order valence-corrected chi connectivity index (χ0v) is 14.9. The van der Waals surface area contributed by atoms with Gasteiger partial charge in [-0.25, -0.2) is 9.59 Å². The van der Waals surface area contributed by atoms with E-state index in [1.165, 1.54) is 14.0 Å². The number of urea groups is 1. The highest BCUT2D eigenvalue weighted by Gasteiger charge is 2.50. The summed E-state index contributed by atoms with van der Waals surface area (Å²) in [6.07, 6.45) is 2.20. The molecule has 0 radical (unpaired) electrons. The molecule has 0 bridgehead atoms. The third-order valence-corrected chi connectivity index (χ3v) is 4.30. The Morgan fingerprint density at radius 2 is 1.93 bits per heavy atom. The maximum absolute atomic E-state index is 12.9. The summed E-state index contributed by atoms with van der Waals surface area (Å²) in [6, 6.07) is 6.87. The van der Waals surface area contributed by atoms with Crippen LogP contribution in [0.2, 0.25) is 0 Å². The number of hydrogen-bond donors (Lipinski definition) is 3. The number of ether oxygens (including phenoxy) is 1. The van der Waals surface area contributed by atoms with Crippen molar-refractivity contribution in [2.45, 2.75) is 12.5 Å². The van der Waals surface area contributed by atoms with Crippen LogP contribution in [0, 0.1) is 0 Å². The van der Waals surface area contributed by atoms with Crippen LogP contribution in [0.25, 0.3) is 0 Å². The molecule has 1 unspecified atom stereocenters. The molecule has 10 nitrogen and oxygen atoms in total. The van der Waals surface area contributed by atoms with Gasteiger partial charge in [-0.2, -0.15) is 5.01 Å². The fourth-order valence-corrected chi connectivity index (χ4v) is 2.72. The molecule has 144 valence electrons. The molecule has 0 spiro atoms. The van der Waals surface area contributed by atoms with Crippen molar-refractivity contribution in [3.8, 4) is 5.75 Å². The van der Waals surface area contributed by atoms with Gasteiger partial charge in [-0.3, -0.25) is 20.0 Å². The third-order valence-electron chi connectivity index (χ3n) is 4.30. The van der Waals surface area contributed by atoms with Gasteiger partial charge in [-0.1, -0.05) is 12.1 Å². The molecule has 1 aromatic carbocycles. The van der Waals surface area contributed by atoms with E-state index in [0.717, 1.165) is 18.5 Å². The number of rotatable bonds is 5. The van der Waals surface area contributed by atoms with Crippen LogP contribution in [-0.2, 0) is 10.3 Å². The number of nitrogens with zero attached hydrogens (tertiary/aromatic N) is 2. The number of nitrogens with one attached hydrogen (secondary N) is 2. The van der Waals surface area contributed by atoms with Crippen molar-refractivity contribution in [2.75, 3.05) is 7.11 Å². The van der Waals surface area contributed by atoms with Crippen LogP contribution < -0.4 is 15.5 Å². The van der Waals surface area contributed by atoms with E-state index < -0.39 is 29.4 Å². The van der Waals surface area contributed by atoms with Crippen molar-refractivity contribution in [1.82, 2.24) is 20.7 Å². The maximum atomic E-state index is 12.9. The lowest BCUT2D eigenvalue weighted by Crippen LogP contribution is -2.48. The van der Waals surface area contributed by atoms with Gasteiger partial charge >= 0.3 is 12.0 Å². The number of carbonyl (C=O) groups is 4. The van der Waals surface area contributed by atoms with Gasteiger partial charge in [-0.15, -0.1) is 0 Å². The molecular weight excluding hydrogens is 368 g/mol. The maximum Gasteiger partial charge on any atom is 0.344 e. The molecule has 1 atom stereocenters. The van der Waals surface area contributed by atoms with Gasteiger partial charge in [0.25, 0.3) is 11.8 Å². The zero-order chi connectivity index (χ0) is 20.5. The first-order chi connectivity index (χ1) is 13.3. The van der Waals surface area contributed by atoms with Gasteiger partial charge in [-0.05, 0) is 30.7 Å². The van der Waals surface area contributed by atoms with Crippen molar-refractivity contribution in [3.63, 3.8) is 0 Å². The molecular formula is C18H16N4O6. The number of aromatic nitrogens is 1. The van der Waals surface area contributed by atoms with E-state index in [1.54, 1.807) is 24.3 Å². The Morgan fingerprint density at radius 1 is 1.21 bits per heavy atom. The van der Waals surface area contributed by atoms with Crippen LogP contribution in [0.15, 0.2) is 42.7 Å². The number of hydrogen-bond acceptors (Lipinski definition) is 6. The Hall–Kier alpha value is -3.95. The normalized spacial score (nSPS) is 18.6. The highest BCUT2D eigenvalue weighted by molar-refractivity contribution is 6.09. The van der Waals surface area contributed by atoms with E-state index in [0.29, 0.717) is 16.3 Å². The average Bonchev–Trinajstić information content (AvgIpc) is 2.92. The van der Waals surface area contributed by atoms with E-state index in [4.69, 9.17) is 9.84 Å². The predicted molar refractivity (Wildman–Crippen MR) is 94.4 cm³/mol. The lowest BCUT2D eigenvalue weighted by Gasteiger charge is -2.22. The Labute approximate surface area is 159 Å². The Morgan fingerprint density at radius 3 is 2.61 bits per heavy atom. The van der Waals surface area contributed by atoms with Gasteiger partial charge in [0.1, 0.15) is 11.3 Å². The van der Waals surface area contributed by atoms with E-state index in [-0.39, 0.29) is 11.1 Å². The quantitative estimate of drug-likeness (QED) is 0.651. The van der Waals surface area contributed by atoms with Crippen LogP contribution >= 0.6 is 0 Å². The van der Waals surface area contributed by atoms with Gasteiger partial charge < -0.3 is 15.2 Å². The standard InChI is InChI=1S/C18H16N4O6/c1-18(12-4-3-5-13(7-12)28-2)16(26)22(17(27)20-18)21-14(23)10-6-11(15(24)25)9-19-8-10/h3-9H,1-2H3,(H,20,27)(H,21,23)(H,24,25). The van der Waals surface area contributed by atoms with Crippen LogP contribution in [0.5, 0.6) is 5.75 Å². The number of carboxylic acids is 1. The van der Waals surface area contributed by atoms with E-state index >= 15 is 0 Å². The first-order valence-electron chi connectivity index (χ1n) is 8.07. The Balaban J connectivity index is 1.85. The first kappa shape index (κ1) is 18.8. The van der Waals surface area contributed by atoms with Crippen LogP contribution in [0.1, 0.15) is 33.2 Å². The Bertz CT molecular complexity index is 992. The summed E-state index contributed by atoms with van der Waals surface area (Å²) >= 11 is 0. The molecule has 1 aliphatic heterocycles. The van der Waals surface area contributed by atoms with Crippen molar-refractivity contribution >= 4 is 23.8 Å². The van der Waals surface area contributed by atoms with Crippen molar-refractivity contribution in [3.05, 3.63) is 59.4 Å². The molecule has 3 rings (SSSR count). The summed E-state index contributed by atoms with van der Waals surface area (Å²) in [7, 11) is 1.47. The van der Waals surface area contributed by atoms with E-state index in [9.17, 15) is 19.2 Å². The lowest BCUT2D eigenvalue weighted by molar-refractivity contribution is -0.132. The minimum absolute atomic E-state index is 0.115. The summed E-state index contributed by atoms with van der Waals surface area (Å²) in [6.45, 7) is 1.50. The number of carboxylic acid groups (broad SMARTS) is 1. The highest BCUT2D eigenvalue weighted by atomic mass is 16.5. The largest absolute Gasteiger partial charge is 0.497 e. The second-order valence-corrected chi connectivity index (χ2v) is 6.14. The molecule has 3 N–H and O–H groups in total. The third kappa shape index (κ3) is 3.22. The SMILES string of the molecule is COc1cccc(C2(C)NC(=O)N(NC(=O)c3cncc(C(=O)O)c3)C2=O)c1. The van der Waals surface area contributed by atoms with E-state index in [1.807, 2.05) is 0 Å². The molecule has 2 aromatic rings. The molecule has 0 saturated carbocycles. The second kappa shape index (κ2) is 6.99. The molecule has 1 fully saturated rings. The average molecular weight is 384 g/mol. The summed E-state index contributed by atoms with van der Waals surface area (Å²) in [5.41, 5.74) is 0.917. The number of methoxy groups -OCH3 is 1. The van der Waals surface area contributed by atoms with Crippen molar-refractivity contribution in [2.24, 2.45) is 0 Å². The number of pyridine rings is 1. The fourth-order valence-electron chi connectivity index (χ4n) is 2.72. The van der Waals surface area contributed by atoms with Crippen molar-refractivity contribution in [1.29, 1.82) is 0 Å². The molecule has 0 aliphatic carbocycles. The molecule has 1 saturated heterocycles. The molecule has 1 aromatic heterocycles. The molecule has 28 heavy (non-hydrogen) atoms. The predicted octanol–water partition coefficient (Wildman–Crippen LogP) is 0.900. The zero-order valence-electron chi connectivity index (χ0n) is 14.9.